The number of anilines is 2. The summed E-state index contributed by atoms with van der Waals surface area (Å²) in [5.41, 5.74) is 5.80. The van der Waals surface area contributed by atoms with Crippen LogP contribution in [-0.4, -0.2) is 19.1 Å². The number of nitrogen functional groups attached to an aromatic ring is 1. The Labute approximate surface area is 104 Å². The van der Waals surface area contributed by atoms with Crippen molar-refractivity contribution >= 4 is 27.3 Å². The van der Waals surface area contributed by atoms with E-state index >= 15 is 0 Å². The Bertz CT molecular complexity index is 652. The number of hydrogen-bond donors (Lipinski definition) is 1. The van der Waals surface area contributed by atoms with Crippen LogP contribution in [0, 0.1) is 12.7 Å². The van der Waals surface area contributed by atoms with Crippen molar-refractivity contribution in [3.05, 3.63) is 23.5 Å². The van der Waals surface area contributed by atoms with E-state index in [0.717, 1.165) is 6.07 Å². The van der Waals surface area contributed by atoms with Gasteiger partial charge in [-0.2, -0.15) is 0 Å². The number of nitrogens with zero attached hydrogens (tertiary/aromatic N) is 1. The number of halogens is 1. The zero-order chi connectivity index (χ0) is 13.9. The molecule has 7 heteroatoms. The molecule has 1 aliphatic heterocycles. The van der Waals surface area contributed by atoms with Gasteiger partial charge in [0.25, 0.3) is 15.9 Å². The third-order valence-corrected chi connectivity index (χ3v) is 5.50. The molecule has 0 unspecified atom stereocenters. The fourth-order valence-corrected chi connectivity index (χ4v) is 3.35. The summed E-state index contributed by atoms with van der Waals surface area (Å²) in [6.07, 6.45) is 0. The molecule has 0 aliphatic carbocycles. The molecule has 0 aromatic heterocycles. The highest BCUT2D eigenvalue weighted by Gasteiger charge is 2.61. The number of benzene rings is 1. The second-order valence-corrected chi connectivity index (χ2v) is 7.03. The molecule has 0 radical (unpaired) electrons. The van der Waals surface area contributed by atoms with Gasteiger partial charge in [-0.1, -0.05) is 0 Å². The molecule has 1 amide bonds. The first-order chi connectivity index (χ1) is 8.12. The molecule has 0 bridgehead atoms. The van der Waals surface area contributed by atoms with Gasteiger partial charge >= 0.3 is 0 Å². The number of carbonyl (C=O) groups is 1. The van der Waals surface area contributed by atoms with Crippen LogP contribution in [0.3, 0.4) is 0 Å². The lowest BCUT2D eigenvalue weighted by molar-refractivity contribution is -0.120. The number of amides is 1. The van der Waals surface area contributed by atoms with Crippen LogP contribution in [0.2, 0.25) is 0 Å². The van der Waals surface area contributed by atoms with Gasteiger partial charge in [-0.05, 0) is 38.5 Å². The van der Waals surface area contributed by atoms with E-state index in [1.807, 2.05) is 0 Å². The molecule has 98 valence electrons. The zero-order valence-electron chi connectivity index (χ0n) is 10.2. The molecule has 0 spiro atoms. The van der Waals surface area contributed by atoms with Gasteiger partial charge in [-0.15, -0.1) is 0 Å². The van der Waals surface area contributed by atoms with E-state index in [1.54, 1.807) is 0 Å². The number of nitrogens with two attached hydrogens (primary N) is 1. The van der Waals surface area contributed by atoms with Gasteiger partial charge in [-0.25, -0.2) is 17.1 Å². The van der Waals surface area contributed by atoms with Crippen molar-refractivity contribution in [2.45, 2.75) is 25.5 Å². The molecule has 1 heterocycles. The van der Waals surface area contributed by atoms with E-state index in [-0.39, 0.29) is 16.9 Å². The summed E-state index contributed by atoms with van der Waals surface area (Å²) in [5.74, 6) is -1.44. The highest BCUT2D eigenvalue weighted by atomic mass is 32.2. The Morgan fingerprint density at radius 2 is 1.89 bits per heavy atom. The molecule has 2 rings (SSSR count). The normalized spacial score (nSPS) is 20.7. The topological polar surface area (TPSA) is 80.5 Å². The monoisotopic (exact) mass is 272 g/mol. The third-order valence-electron chi connectivity index (χ3n) is 3.21. The summed E-state index contributed by atoms with van der Waals surface area (Å²) < 4.78 is 36.7. The van der Waals surface area contributed by atoms with Crippen LogP contribution in [-0.2, 0) is 14.8 Å². The highest BCUT2D eigenvalue weighted by Crippen LogP contribution is 2.42. The molecule has 1 saturated heterocycles. The first-order valence-corrected chi connectivity index (χ1v) is 6.70. The van der Waals surface area contributed by atoms with Crippen molar-refractivity contribution in [1.29, 1.82) is 0 Å². The van der Waals surface area contributed by atoms with E-state index in [4.69, 9.17) is 5.73 Å². The first-order valence-electron chi connectivity index (χ1n) is 5.26. The highest BCUT2D eigenvalue weighted by molar-refractivity contribution is 7.98. The van der Waals surface area contributed by atoms with Crippen molar-refractivity contribution in [1.82, 2.24) is 0 Å². The average molecular weight is 272 g/mol. The molecule has 0 saturated carbocycles. The predicted octanol–water partition coefficient (Wildman–Crippen LogP) is 1.17. The summed E-state index contributed by atoms with van der Waals surface area (Å²) in [5, 5.41) is 0. The SMILES string of the molecule is Cc1c(N)ccc(F)c1N1C(=O)C(C)(C)S1(=O)=O. The Kier molecular flexibility index (Phi) is 2.45. The summed E-state index contributed by atoms with van der Waals surface area (Å²) in [4.78, 5) is 11.9. The lowest BCUT2D eigenvalue weighted by Crippen LogP contribution is -2.68. The van der Waals surface area contributed by atoms with Crippen LogP contribution in [0.1, 0.15) is 19.4 Å². The minimum Gasteiger partial charge on any atom is -0.398 e. The summed E-state index contributed by atoms with van der Waals surface area (Å²) >= 11 is 0. The molecule has 2 N–H and O–H groups in total. The quantitative estimate of drug-likeness (QED) is 0.778. The molecule has 0 atom stereocenters. The van der Waals surface area contributed by atoms with Crippen LogP contribution < -0.4 is 10.0 Å². The maximum Gasteiger partial charge on any atom is 0.263 e. The van der Waals surface area contributed by atoms with Crippen molar-refractivity contribution in [2.24, 2.45) is 0 Å². The molecule has 1 fully saturated rings. The fraction of sp³-hybridized carbons (Fsp3) is 0.364. The van der Waals surface area contributed by atoms with Gasteiger partial charge in [0.2, 0.25) is 0 Å². The average Bonchev–Trinajstić information content (AvgIpc) is 2.28. The number of hydrogen-bond acceptors (Lipinski definition) is 4. The minimum atomic E-state index is -3.88. The van der Waals surface area contributed by atoms with Crippen LogP contribution in [0.15, 0.2) is 12.1 Å². The molecular formula is C11H13FN2O3S. The zero-order valence-corrected chi connectivity index (χ0v) is 11.0. The molecule has 5 nitrogen and oxygen atoms in total. The molecular weight excluding hydrogens is 259 g/mol. The van der Waals surface area contributed by atoms with Gasteiger partial charge in [0.15, 0.2) is 4.75 Å². The number of carbonyl (C=O) groups excluding carboxylic acids is 1. The molecule has 1 aromatic rings. The van der Waals surface area contributed by atoms with E-state index in [2.05, 4.69) is 0 Å². The first kappa shape index (κ1) is 12.8. The largest absolute Gasteiger partial charge is 0.398 e. The molecule has 18 heavy (non-hydrogen) atoms. The van der Waals surface area contributed by atoms with Gasteiger partial charge < -0.3 is 5.73 Å². The third kappa shape index (κ3) is 1.30. The van der Waals surface area contributed by atoms with Crippen LogP contribution in [0.4, 0.5) is 15.8 Å². The van der Waals surface area contributed by atoms with Crippen molar-refractivity contribution in [3.63, 3.8) is 0 Å². The molecule has 1 aromatic carbocycles. The minimum absolute atomic E-state index is 0.235. The van der Waals surface area contributed by atoms with E-state index in [1.165, 1.54) is 26.8 Å². The van der Waals surface area contributed by atoms with Gasteiger partial charge in [-0.3, -0.25) is 4.79 Å². The molecule has 1 aliphatic rings. The number of rotatable bonds is 1. The van der Waals surface area contributed by atoms with Crippen LogP contribution in [0.25, 0.3) is 0 Å². The summed E-state index contributed by atoms with van der Waals surface area (Å²) in [6.45, 7) is 4.06. The lowest BCUT2D eigenvalue weighted by atomic mass is 10.1. The Balaban J connectivity index is 2.67. The maximum atomic E-state index is 13.8. The van der Waals surface area contributed by atoms with Gasteiger partial charge in [0.1, 0.15) is 11.5 Å². The maximum absolute atomic E-state index is 13.8. The summed E-state index contributed by atoms with van der Waals surface area (Å²) in [7, 11) is -3.88. The Morgan fingerprint density at radius 1 is 1.33 bits per heavy atom. The lowest BCUT2D eigenvalue weighted by Gasteiger charge is -2.43. The van der Waals surface area contributed by atoms with Crippen molar-refractivity contribution < 1.29 is 17.6 Å². The number of sulfonamides is 1. The Hall–Kier alpha value is -1.63. The van der Waals surface area contributed by atoms with Gasteiger partial charge in [0.05, 0.1) is 0 Å². The fourth-order valence-electron chi connectivity index (χ4n) is 1.81. The standard InChI is InChI=1S/C11H13FN2O3S/c1-6-8(13)5-4-7(12)9(6)14-10(15)11(2,3)18(14,16)17/h4-5H,13H2,1-3H3. The van der Waals surface area contributed by atoms with E-state index < -0.39 is 26.5 Å². The van der Waals surface area contributed by atoms with Crippen molar-refractivity contribution in [2.75, 3.05) is 10.0 Å². The van der Waals surface area contributed by atoms with Crippen molar-refractivity contribution in [3.8, 4) is 0 Å². The van der Waals surface area contributed by atoms with E-state index in [9.17, 15) is 17.6 Å². The van der Waals surface area contributed by atoms with E-state index in [0.29, 0.717) is 4.31 Å². The Morgan fingerprint density at radius 3 is 2.39 bits per heavy atom. The second-order valence-electron chi connectivity index (χ2n) is 4.70. The second kappa shape index (κ2) is 3.44. The van der Waals surface area contributed by atoms with Crippen LogP contribution >= 0.6 is 0 Å². The summed E-state index contributed by atoms with van der Waals surface area (Å²) in [6, 6.07) is 2.38. The van der Waals surface area contributed by atoms with Crippen LogP contribution in [0.5, 0.6) is 0 Å². The van der Waals surface area contributed by atoms with Gasteiger partial charge in [0, 0.05) is 5.69 Å². The predicted molar refractivity (Wildman–Crippen MR) is 66.0 cm³/mol. The smallest absolute Gasteiger partial charge is 0.263 e.